The number of nitrogens with one attached hydrogen (secondary N) is 1. The second-order valence-corrected chi connectivity index (χ2v) is 7.49. The number of nitrogens with zero attached hydrogens (tertiary/aromatic N) is 2. The van der Waals surface area contributed by atoms with Crippen molar-refractivity contribution in [2.75, 3.05) is 5.43 Å². The lowest BCUT2D eigenvalue weighted by Gasteiger charge is -2.34. The van der Waals surface area contributed by atoms with Gasteiger partial charge in [-0.25, -0.2) is 15.8 Å². The monoisotopic (exact) mass is 276 g/mol. The van der Waals surface area contributed by atoms with Crippen molar-refractivity contribution in [2.45, 2.75) is 40.0 Å². The fraction of sp³-hybridized carbons (Fsp3) is 0.571. The van der Waals surface area contributed by atoms with E-state index in [1.807, 2.05) is 17.5 Å². The van der Waals surface area contributed by atoms with E-state index < -0.39 is 0 Å². The van der Waals surface area contributed by atoms with Crippen LogP contribution < -0.4 is 11.3 Å². The number of rotatable bonds is 1. The molecule has 1 unspecified atom stereocenters. The van der Waals surface area contributed by atoms with E-state index in [9.17, 15) is 0 Å². The lowest BCUT2D eigenvalue weighted by Crippen LogP contribution is -2.27. The number of hydrogen-bond donors (Lipinski definition) is 2. The summed E-state index contributed by atoms with van der Waals surface area (Å²) >= 11 is 1.82. The fourth-order valence-electron chi connectivity index (χ4n) is 2.77. The molecule has 19 heavy (non-hydrogen) atoms. The average Bonchev–Trinajstić information content (AvgIpc) is 2.76. The molecule has 3 aliphatic rings. The number of anilines is 1. The fourth-order valence-corrected chi connectivity index (χ4v) is 3.93. The first-order chi connectivity index (χ1) is 8.99. The van der Waals surface area contributed by atoms with Crippen LogP contribution in [0.15, 0.2) is 6.20 Å². The molecular formula is C14H20N4S. The predicted octanol–water partition coefficient (Wildman–Crippen LogP) is 3.08. The molecule has 1 atom stereocenters. The van der Waals surface area contributed by atoms with Crippen molar-refractivity contribution in [2.24, 2.45) is 17.2 Å². The maximum Gasteiger partial charge on any atom is 0.167 e. The van der Waals surface area contributed by atoms with Crippen molar-refractivity contribution in [1.82, 2.24) is 9.97 Å². The molecule has 5 heteroatoms. The van der Waals surface area contributed by atoms with Crippen LogP contribution in [0, 0.1) is 11.3 Å². The highest BCUT2D eigenvalue weighted by Gasteiger charge is 2.31. The summed E-state index contributed by atoms with van der Waals surface area (Å²) < 4.78 is 0. The zero-order valence-corrected chi connectivity index (χ0v) is 12.5. The Labute approximate surface area is 117 Å². The Hall–Kier alpha value is -1.20. The van der Waals surface area contributed by atoms with Crippen LogP contribution in [0.4, 0.5) is 5.82 Å². The summed E-state index contributed by atoms with van der Waals surface area (Å²) in [4.78, 5) is 11.6. The first-order valence-electron chi connectivity index (χ1n) is 6.73. The Morgan fingerprint density at radius 2 is 2.21 bits per heavy atom. The highest BCUT2D eigenvalue weighted by Crippen LogP contribution is 2.41. The van der Waals surface area contributed by atoms with Crippen LogP contribution >= 0.6 is 11.3 Å². The molecule has 0 saturated carbocycles. The molecule has 2 aliphatic heterocycles. The lowest BCUT2D eigenvalue weighted by molar-refractivity contribution is 0.216. The molecule has 0 aromatic carbocycles. The molecule has 102 valence electrons. The van der Waals surface area contributed by atoms with E-state index in [1.165, 1.54) is 17.0 Å². The van der Waals surface area contributed by atoms with Crippen molar-refractivity contribution >= 4 is 17.2 Å². The average molecular weight is 276 g/mol. The van der Waals surface area contributed by atoms with Crippen LogP contribution in [0.5, 0.6) is 0 Å². The van der Waals surface area contributed by atoms with Gasteiger partial charge in [-0.05, 0) is 30.6 Å². The standard InChI is InChI=1S/C14H20N4S/c1-14(2,3)8-4-5-9-10(6-8)19-11-7-16-13(18-15)12(11)17-9/h7-8H,4-6,15H2,1-3H3,(H,16,18). The van der Waals surface area contributed by atoms with Crippen LogP contribution in [0.2, 0.25) is 0 Å². The van der Waals surface area contributed by atoms with E-state index in [0.29, 0.717) is 11.2 Å². The minimum absolute atomic E-state index is 0.369. The molecule has 0 fully saturated rings. The van der Waals surface area contributed by atoms with Gasteiger partial charge in [0.25, 0.3) is 0 Å². The van der Waals surface area contributed by atoms with Crippen molar-refractivity contribution in [3.8, 4) is 10.6 Å². The molecule has 3 N–H and O–H groups in total. The summed E-state index contributed by atoms with van der Waals surface area (Å²) in [6.45, 7) is 7.00. The van der Waals surface area contributed by atoms with Crippen molar-refractivity contribution < 1.29 is 0 Å². The third-order valence-corrected chi connectivity index (χ3v) is 5.26. The summed E-state index contributed by atoms with van der Waals surface area (Å²) in [5.74, 6) is 6.90. The van der Waals surface area contributed by atoms with Gasteiger partial charge >= 0.3 is 0 Å². The number of aromatic nitrogens is 2. The zero-order chi connectivity index (χ0) is 13.6. The van der Waals surface area contributed by atoms with E-state index in [-0.39, 0.29) is 0 Å². The molecule has 3 rings (SSSR count). The van der Waals surface area contributed by atoms with Gasteiger partial charge in [-0.2, -0.15) is 0 Å². The Morgan fingerprint density at radius 1 is 1.42 bits per heavy atom. The van der Waals surface area contributed by atoms with E-state index >= 15 is 0 Å². The van der Waals surface area contributed by atoms with Gasteiger partial charge in [0.15, 0.2) is 5.82 Å². The lowest BCUT2D eigenvalue weighted by atomic mass is 9.73. The molecule has 0 amide bonds. The molecule has 0 radical (unpaired) electrons. The van der Waals surface area contributed by atoms with Crippen molar-refractivity contribution in [1.29, 1.82) is 0 Å². The van der Waals surface area contributed by atoms with Crippen LogP contribution in [-0.2, 0) is 12.8 Å². The molecular weight excluding hydrogens is 256 g/mol. The van der Waals surface area contributed by atoms with Crippen LogP contribution in [-0.4, -0.2) is 9.97 Å². The highest BCUT2D eigenvalue weighted by molar-refractivity contribution is 7.15. The maximum atomic E-state index is 5.47. The molecule has 0 spiro atoms. The second-order valence-electron chi connectivity index (χ2n) is 6.35. The van der Waals surface area contributed by atoms with E-state index in [0.717, 1.165) is 29.3 Å². The van der Waals surface area contributed by atoms with Crippen molar-refractivity contribution in [3.63, 3.8) is 0 Å². The number of nitrogen functional groups attached to an aromatic ring is 1. The summed E-state index contributed by atoms with van der Waals surface area (Å²) in [5, 5.41) is 0. The topological polar surface area (TPSA) is 63.8 Å². The van der Waals surface area contributed by atoms with Gasteiger partial charge in [-0.15, -0.1) is 11.3 Å². The van der Waals surface area contributed by atoms with Gasteiger partial charge < -0.3 is 5.43 Å². The van der Waals surface area contributed by atoms with Gasteiger partial charge in [-0.3, -0.25) is 0 Å². The Kier molecular flexibility index (Phi) is 2.98. The minimum atomic E-state index is 0.369. The summed E-state index contributed by atoms with van der Waals surface area (Å²) in [6, 6.07) is 0. The second kappa shape index (κ2) is 4.42. The number of aryl methyl sites for hydroxylation is 1. The van der Waals surface area contributed by atoms with Crippen LogP contribution in [0.1, 0.15) is 37.8 Å². The molecule has 0 saturated heterocycles. The Morgan fingerprint density at radius 3 is 2.89 bits per heavy atom. The molecule has 4 nitrogen and oxygen atoms in total. The minimum Gasteiger partial charge on any atom is -0.307 e. The normalized spacial score (nSPS) is 19.5. The Bertz CT molecular complexity index is 570. The largest absolute Gasteiger partial charge is 0.307 e. The first kappa shape index (κ1) is 12.8. The van der Waals surface area contributed by atoms with Gasteiger partial charge in [0.05, 0.1) is 10.6 Å². The van der Waals surface area contributed by atoms with E-state index in [4.69, 9.17) is 10.8 Å². The SMILES string of the molecule is CC(C)(C)C1CCc2nc3c(NN)ncc-3sc2C1. The van der Waals surface area contributed by atoms with Crippen molar-refractivity contribution in [3.05, 3.63) is 16.8 Å². The number of hydrazine groups is 1. The molecule has 0 aromatic rings. The molecule has 1 aliphatic carbocycles. The van der Waals surface area contributed by atoms with Crippen LogP contribution in [0.25, 0.3) is 10.6 Å². The van der Waals surface area contributed by atoms with Gasteiger partial charge in [0, 0.05) is 11.1 Å². The molecule has 2 heterocycles. The number of fused-ring (bicyclic) bond motifs is 2. The third-order valence-electron chi connectivity index (χ3n) is 4.09. The number of nitrogens with two attached hydrogens (primary N) is 1. The first-order valence-corrected chi connectivity index (χ1v) is 7.54. The molecule has 0 aromatic heterocycles. The summed E-state index contributed by atoms with van der Waals surface area (Å²) in [7, 11) is 0. The predicted molar refractivity (Wildman–Crippen MR) is 79.3 cm³/mol. The number of hydrogen-bond acceptors (Lipinski definition) is 5. The van der Waals surface area contributed by atoms with Gasteiger partial charge in [0.1, 0.15) is 5.69 Å². The highest BCUT2D eigenvalue weighted by atomic mass is 32.1. The maximum absolute atomic E-state index is 5.47. The summed E-state index contributed by atoms with van der Waals surface area (Å²) in [5.41, 5.74) is 5.15. The van der Waals surface area contributed by atoms with Gasteiger partial charge in [-0.1, -0.05) is 20.8 Å². The smallest absolute Gasteiger partial charge is 0.167 e. The van der Waals surface area contributed by atoms with Crippen LogP contribution in [0.3, 0.4) is 0 Å². The zero-order valence-electron chi connectivity index (χ0n) is 11.7. The molecule has 0 bridgehead atoms. The Balaban J connectivity index is 2.00. The quantitative estimate of drug-likeness (QED) is 0.620. The van der Waals surface area contributed by atoms with E-state index in [1.54, 1.807) is 0 Å². The summed E-state index contributed by atoms with van der Waals surface area (Å²) in [6.07, 6.45) is 5.30. The van der Waals surface area contributed by atoms with E-state index in [2.05, 4.69) is 31.2 Å². The third kappa shape index (κ3) is 2.21. The van der Waals surface area contributed by atoms with Gasteiger partial charge in [0.2, 0.25) is 0 Å².